The molecule has 110 valence electrons. The van der Waals surface area contributed by atoms with Crippen molar-refractivity contribution in [2.24, 2.45) is 0 Å². The number of carbonyl (C=O) groups is 1. The number of aliphatic hydroxyl groups excluding tert-OH is 1. The van der Waals surface area contributed by atoms with Crippen molar-refractivity contribution in [3.63, 3.8) is 0 Å². The van der Waals surface area contributed by atoms with Gasteiger partial charge in [-0.2, -0.15) is 0 Å². The molecule has 2 rings (SSSR count). The number of hydrogen-bond donors (Lipinski definition) is 2. The number of carbonyl (C=O) groups excluding carboxylic acids is 1. The van der Waals surface area contributed by atoms with Crippen molar-refractivity contribution >= 4 is 6.03 Å². The number of nitrogens with zero attached hydrogens (tertiary/aromatic N) is 2. The third-order valence-corrected chi connectivity index (χ3v) is 4.32. The predicted molar refractivity (Wildman–Crippen MR) is 75.1 cm³/mol. The molecule has 0 radical (unpaired) electrons. The first-order valence-corrected chi connectivity index (χ1v) is 7.57. The summed E-state index contributed by atoms with van der Waals surface area (Å²) in [5.74, 6) is 0. The Hall–Kier alpha value is -0.810. The molecule has 2 aliphatic rings. The van der Waals surface area contributed by atoms with Crippen molar-refractivity contribution in [3.05, 3.63) is 0 Å². The molecule has 0 aromatic carbocycles. The van der Waals surface area contributed by atoms with Crippen molar-refractivity contribution in [1.29, 1.82) is 0 Å². The first kappa shape index (κ1) is 14.6. The highest BCUT2D eigenvalue weighted by molar-refractivity contribution is 5.74. The lowest BCUT2D eigenvalue weighted by atomic mass is 9.93. The molecular formula is C14H27N3O2. The van der Waals surface area contributed by atoms with Gasteiger partial charge < -0.3 is 20.2 Å². The molecule has 1 aliphatic carbocycles. The summed E-state index contributed by atoms with van der Waals surface area (Å²) in [6.45, 7) is 4.13. The Morgan fingerprint density at radius 3 is 2.53 bits per heavy atom. The van der Waals surface area contributed by atoms with Gasteiger partial charge in [0, 0.05) is 26.2 Å². The van der Waals surface area contributed by atoms with Crippen molar-refractivity contribution in [3.8, 4) is 0 Å². The summed E-state index contributed by atoms with van der Waals surface area (Å²) < 4.78 is 0. The Balaban J connectivity index is 1.64. The largest absolute Gasteiger partial charge is 0.393 e. The fourth-order valence-electron chi connectivity index (χ4n) is 2.90. The smallest absolute Gasteiger partial charge is 0.317 e. The number of likely N-dealkylation sites (tertiary alicyclic amines) is 1. The summed E-state index contributed by atoms with van der Waals surface area (Å²) in [4.78, 5) is 16.2. The Labute approximate surface area is 115 Å². The Morgan fingerprint density at radius 1 is 1.26 bits per heavy atom. The van der Waals surface area contributed by atoms with Crippen LogP contribution < -0.4 is 5.32 Å². The third kappa shape index (κ3) is 4.66. The second kappa shape index (κ2) is 7.10. The Morgan fingerprint density at radius 2 is 1.89 bits per heavy atom. The van der Waals surface area contributed by atoms with E-state index in [9.17, 15) is 9.90 Å². The summed E-state index contributed by atoms with van der Waals surface area (Å²) >= 11 is 0. The van der Waals surface area contributed by atoms with Crippen LogP contribution in [0, 0.1) is 0 Å². The van der Waals surface area contributed by atoms with Crippen LogP contribution in [0.3, 0.4) is 0 Å². The molecule has 1 aliphatic heterocycles. The molecule has 0 spiro atoms. The molecule has 1 saturated heterocycles. The quantitative estimate of drug-likeness (QED) is 0.801. The van der Waals surface area contributed by atoms with Crippen LogP contribution in [0.25, 0.3) is 0 Å². The summed E-state index contributed by atoms with van der Waals surface area (Å²) in [5.41, 5.74) is 0. The van der Waals surface area contributed by atoms with E-state index in [0.717, 1.165) is 38.8 Å². The van der Waals surface area contributed by atoms with E-state index >= 15 is 0 Å². The molecule has 2 amide bonds. The van der Waals surface area contributed by atoms with Crippen LogP contribution in [0.15, 0.2) is 0 Å². The molecule has 19 heavy (non-hydrogen) atoms. The van der Waals surface area contributed by atoms with Gasteiger partial charge in [-0.1, -0.05) is 0 Å². The van der Waals surface area contributed by atoms with Gasteiger partial charge >= 0.3 is 6.03 Å². The number of hydrogen-bond acceptors (Lipinski definition) is 3. The molecule has 0 bridgehead atoms. The van der Waals surface area contributed by atoms with E-state index in [1.807, 2.05) is 7.05 Å². The van der Waals surface area contributed by atoms with Gasteiger partial charge in [-0.25, -0.2) is 4.79 Å². The normalized spacial score (nSPS) is 28.3. The van der Waals surface area contributed by atoms with E-state index in [2.05, 4.69) is 10.2 Å². The minimum atomic E-state index is -0.166. The Bertz CT molecular complexity index is 284. The molecular weight excluding hydrogens is 242 g/mol. The fourth-order valence-corrected chi connectivity index (χ4v) is 2.90. The standard InChI is InChI=1S/C14H27N3O2/c1-16(10-11-17-8-2-3-9-17)14(19)15-12-4-6-13(18)7-5-12/h12-13,18H,2-11H2,1H3,(H,15,19). The van der Waals surface area contributed by atoms with Crippen LogP contribution in [0.2, 0.25) is 0 Å². The molecule has 2 fully saturated rings. The van der Waals surface area contributed by atoms with Crippen molar-refractivity contribution in [2.75, 3.05) is 33.2 Å². The summed E-state index contributed by atoms with van der Waals surface area (Å²) in [6.07, 6.45) is 5.83. The molecule has 5 nitrogen and oxygen atoms in total. The second-order valence-electron chi connectivity index (χ2n) is 5.93. The molecule has 0 aromatic heterocycles. The monoisotopic (exact) mass is 269 g/mol. The first-order valence-electron chi connectivity index (χ1n) is 7.57. The predicted octanol–water partition coefficient (Wildman–Crippen LogP) is 1.03. The van der Waals surface area contributed by atoms with Crippen LogP contribution in [0.1, 0.15) is 38.5 Å². The van der Waals surface area contributed by atoms with E-state index in [4.69, 9.17) is 0 Å². The van der Waals surface area contributed by atoms with E-state index in [1.54, 1.807) is 4.90 Å². The maximum absolute atomic E-state index is 12.0. The first-order chi connectivity index (χ1) is 9.15. The van der Waals surface area contributed by atoms with Gasteiger partial charge in [0.2, 0.25) is 0 Å². The van der Waals surface area contributed by atoms with Gasteiger partial charge in [-0.3, -0.25) is 0 Å². The number of rotatable bonds is 4. The zero-order valence-electron chi connectivity index (χ0n) is 12.0. The van der Waals surface area contributed by atoms with E-state index < -0.39 is 0 Å². The zero-order chi connectivity index (χ0) is 13.7. The number of aliphatic hydroxyl groups is 1. The zero-order valence-corrected chi connectivity index (χ0v) is 12.0. The van der Waals surface area contributed by atoms with Gasteiger partial charge in [-0.15, -0.1) is 0 Å². The lowest BCUT2D eigenvalue weighted by molar-refractivity contribution is 0.115. The average Bonchev–Trinajstić information content (AvgIpc) is 2.91. The molecule has 0 atom stereocenters. The van der Waals surface area contributed by atoms with Crippen LogP contribution in [0.5, 0.6) is 0 Å². The number of urea groups is 1. The number of likely N-dealkylation sites (N-methyl/N-ethyl adjacent to an activating group) is 1. The highest BCUT2D eigenvalue weighted by atomic mass is 16.3. The fraction of sp³-hybridized carbons (Fsp3) is 0.929. The SMILES string of the molecule is CN(CCN1CCCC1)C(=O)NC1CCC(O)CC1. The van der Waals surface area contributed by atoms with E-state index in [-0.39, 0.29) is 18.2 Å². The van der Waals surface area contributed by atoms with Crippen molar-refractivity contribution in [1.82, 2.24) is 15.1 Å². The molecule has 1 heterocycles. The van der Waals surface area contributed by atoms with Crippen molar-refractivity contribution in [2.45, 2.75) is 50.7 Å². The van der Waals surface area contributed by atoms with Crippen LogP contribution in [-0.4, -0.2) is 66.3 Å². The highest BCUT2D eigenvalue weighted by Gasteiger charge is 2.22. The van der Waals surface area contributed by atoms with Crippen LogP contribution >= 0.6 is 0 Å². The van der Waals surface area contributed by atoms with Gasteiger partial charge in [0.05, 0.1) is 6.10 Å². The Kier molecular flexibility index (Phi) is 5.45. The highest BCUT2D eigenvalue weighted by Crippen LogP contribution is 2.18. The average molecular weight is 269 g/mol. The summed E-state index contributed by atoms with van der Waals surface area (Å²) in [7, 11) is 1.86. The lowest BCUT2D eigenvalue weighted by Gasteiger charge is -2.29. The molecule has 5 heteroatoms. The van der Waals surface area contributed by atoms with Gasteiger partial charge in [-0.05, 0) is 51.6 Å². The maximum atomic E-state index is 12.0. The molecule has 0 aromatic rings. The number of amides is 2. The van der Waals surface area contributed by atoms with E-state index in [0.29, 0.717) is 0 Å². The molecule has 1 saturated carbocycles. The molecule has 0 unspecified atom stereocenters. The molecule has 2 N–H and O–H groups in total. The van der Waals surface area contributed by atoms with Gasteiger partial charge in [0.1, 0.15) is 0 Å². The maximum Gasteiger partial charge on any atom is 0.317 e. The third-order valence-electron chi connectivity index (χ3n) is 4.32. The van der Waals surface area contributed by atoms with Crippen LogP contribution in [-0.2, 0) is 0 Å². The number of nitrogens with one attached hydrogen (secondary N) is 1. The van der Waals surface area contributed by atoms with Crippen molar-refractivity contribution < 1.29 is 9.90 Å². The lowest BCUT2D eigenvalue weighted by Crippen LogP contribution is -2.46. The van der Waals surface area contributed by atoms with Gasteiger partial charge in [0.25, 0.3) is 0 Å². The summed E-state index contributed by atoms with van der Waals surface area (Å²) in [6, 6.07) is 0.269. The minimum Gasteiger partial charge on any atom is -0.393 e. The summed E-state index contributed by atoms with van der Waals surface area (Å²) in [5, 5.41) is 12.5. The topological polar surface area (TPSA) is 55.8 Å². The van der Waals surface area contributed by atoms with E-state index in [1.165, 1.54) is 25.9 Å². The minimum absolute atomic E-state index is 0.0283. The van der Waals surface area contributed by atoms with Gasteiger partial charge in [0.15, 0.2) is 0 Å². The van der Waals surface area contributed by atoms with Crippen LogP contribution in [0.4, 0.5) is 4.79 Å². The second-order valence-corrected chi connectivity index (χ2v) is 5.93.